The van der Waals surface area contributed by atoms with E-state index in [1.807, 2.05) is 5.32 Å². The number of carbonyl (C=O) groups is 2. The van der Waals surface area contributed by atoms with Crippen LogP contribution in [0.3, 0.4) is 0 Å². The van der Waals surface area contributed by atoms with Crippen molar-refractivity contribution in [2.45, 2.75) is 19.1 Å². The number of amides is 1. The lowest BCUT2D eigenvalue weighted by Crippen LogP contribution is -2.53. The number of aliphatic hydroxyl groups is 1. The van der Waals surface area contributed by atoms with E-state index in [4.69, 9.17) is 5.53 Å². The molecule has 0 bridgehead atoms. The van der Waals surface area contributed by atoms with Gasteiger partial charge in [0.15, 0.2) is 10.8 Å². The van der Waals surface area contributed by atoms with Crippen molar-refractivity contribution < 1.29 is 24.9 Å². The van der Waals surface area contributed by atoms with E-state index in [2.05, 4.69) is 10.0 Å². The highest BCUT2D eigenvalue weighted by atomic mass is 16.4. The summed E-state index contributed by atoms with van der Waals surface area (Å²) in [7, 11) is 0. The summed E-state index contributed by atoms with van der Waals surface area (Å²) in [5.74, 6) is -3.01. The Balaban J connectivity index is 2.98. The number of rotatable bonds is 5. The minimum atomic E-state index is -1.65. The van der Waals surface area contributed by atoms with Gasteiger partial charge in [-0.3, -0.25) is 4.79 Å². The topological polar surface area (TPSA) is 160 Å². The van der Waals surface area contributed by atoms with Crippen LogP contribution in [0.2, 0.25) is 0 Å². The van der Waals surface area contributed by atoms with E-state index >= 15 is 0 Å². The predicted molar refractivity (Wildman–Crippen MR) is 63.0 cm³/mol. The second-order valence-corrected chi connectivity index (χ2v) is 3.91. The monoisotopic (exact) mass is 280 g/mol. The van der Waals surface area contributed by atoms with Gasteiger partial charge in [0, 0.05) is 6.07 Å². The number of benzene rings is 1. The zero-order valence-corrected chi connectivity index (χ0v) is 10.4. The van der Waals surface area contributed by atoms with Crippen LogP contribution >= 0.6 is 0 Å². The molecule has 0 saturated heterocycles. The zero-order chi connectivity index (χ0) is 15.3. The molecule has 9 heteroatoms. The van der Waals surface area contributed by atoms with Gasteiger partial charge in [0.2, 0.25) is 4.91 Å². The maximum absolute atomic E-state index is 11.8. The van der Waals surface area contributed by atoms with Gasteiger partial charge in [0.05, 0.1) is 23.7 Å². The van der Waals surface area contributed by atoms with Crippen LogP contribution in [-0.2, 0) is 4.79 Å². The van der Waals surface area contributed by atoms with Gasteiger partial charge in [-0.2, -0.15) is 0 Å². The standard InChI is InChI=1S/C11H12N4O5/c1-5(16)9(11(19)20)13-10(18)7-3-2-6(14-15-12)4-8(7)17/h2-5,9,12,16H,1H3,(H2-,13,17,18,19,20)/t5-,9+/m1/s1. The Morgan fingerprint density at radius 1 is 1.50 bits per heavy atom. The first kappa shape index (κ1) is 15.3. The van der Waals surface area contributed by atoms with Crippen molar-refractivity contribution in [1.29, 1.82) is 5.53 Å². The van der Waals surface area contributed by atoms with E-state index in [9.17, 15) is 24.9 Å². The lowest BCUT2D eigenvalue weighted by Gasteiger charge is -2.22. The Kier molecular flexibility index (Phi) is 4.90. The molecule has 0 fully saturated rings. The molecule has 0 saturated carbocycles. The minimum Gasteiger partial charge on any atom is -0.548 e. The van der Waals surface area contributed by atoms with Crippen molar-refractivity contribution in [1.82, 2.24) is 10.2 Å². The van der Waals surface area contributed by atoms with Gasteiger partial charge in [0.25, 0.3) is 5.91 Å². The van der Waals surface area contributed by atoms with Crippen molar-refractivity contribution >= 4 is 17.6 Å². The Morgan fingerprint density at radius 2 is 2.15 bits per heavy atom. The number of aliphatic hydroxyl groups excluding tert-OH is 1. The number of hydrogen-bond acceptors (Lipinski definition) is 7. The molecule has 1 aromatic carbocycles. The number of hydrogen-bond donors (Lipinski definition) is 4. The lowest BCUT2D eigenvalue weighted by atomic mass is 10.1. The van der Waals surface area contributed by atoms with Crippen LogP contribution in [0.25, 0.3) is 0 Å². The van der Waals surface area contributed by atoms with E-state index < -0.39 is 29.8 Å². The second-order valence-electron chi connectivity index (χ2n) is 3.91. The van der Waals surface area contributed by atoms with Crippen molar-refractivity contribution in [3.8, 4) is 5.75 Å². The number of nitrogens with one attached hydrogen (secondary N) is 2. The fraction of sp³-hybridized carbons (Fsp3) is 0.273. The van der Waals surface area contributed by atoms with Crippen LogP contribution in [-0.4, -0.2) is 34.2 Å². The average molecular weight is 280 g/mol. The molecule has 9 nitrogen and oxygen atoms in total. The number of carboxylic acids is 1. The third-order valence-electron chi connectivity index (χ3n) is 2.41. The molecule has 106 valence electrons. The normalized spacial score (nSPS) is 12.9. The summed E-state index contributed by atoms with van der Waals surface area (Å²) in [5, 5.41) is 34.9. The first-order valence-corrected chi connectivity index (χ1v) is 5.47. The maximum atomic E-state index is 11.8. The molecule has 1 aromatic rings. The number of aliphatic carboxylic acids is 1. The van der Waals surface area contributed by atoms with E-state index in [1.54, 1.807) is 0 Å². The number of nitrogens with zero attached hydrogens (tertiary/aromatic N) is 2. The number of phenols is 1. The second kappa shape index (κ2) is 6.41. The van der Waals surface area contributed by atoms with Crippen LogP contribution < -0.4 is 15.3 Å². The summed E-state index contributed by atoms with van der Waals surface area (Å²) in [6.07, 6.45) is -1.36. The maximum Gasteiger partial charge on any atom is 0.255 e. The Morgan fingerprint density at radius 3 is 2.60 bits per heavy atom. The molecule has 0 spiro atoms. The van der Waals surface area contributed by atoms with Gasteiger partial charge in [0.1, 0.15) is 11.3 Å². The van der Waals surface area contributed by atoms with E-state index in [0.29, 0.717) is 0 Å². The Hall–Kier alpha value is -2.77. The SMILES string of the molecule is C[C@@H](O)[C@H](NC(=O)c1ccc(N=[N+]=N)cc1O)C(=O)[O-]. The molecule has 0 aliphatic rings. The zero-order valence-electron chi connectivity index (χ0n) is 10.4. The highest BCUT2D eigenvalue weighted by Gasteiger charge is 2.21. The van der Waals surface area contributed by atoms with Gasteiger partial charge in [-0.05, 0) is 19.1 Å². The third-order valence-corrected chi connectivity index (χ3v) is 2.41. The highest BCUT2D eigenvalue weighted by molar-refractivity contribution is 5.99. The Bertz CT molecular complexity index is 580. The molecule has 1 amide bonds. The van der Waals surface area contributed by atoms with E-state index in [-0.39, 0.29) is 11.3 Å². The largest absolute Gasteiger partial charge is 0.548 e. The van der Waals surface area contributed by atoms with Crippen LogP contribution in [0.1, 0.15) is 17.3 Å². The highest BCUT2D eigenvalue weighted by Crippen LogP contribution is 2.23. The molecule has 0 unspecified atom stereocenters. The van der Waals surface area contributed by atoms with Gasteiger partial charge in [-0.25, -0.2) is 0 Å². The number of carbonyl (C=O) groups excluding carboxylic acids is 2. The molecule has 0 aliphatic carbocycles. The summed E-state index contributed by atoms with van der Waals surface area (Å²) in [6.45, 7) is 1.18. The summed E-state index contributed by atoms with van der Waals surface area (Å²) in [5.41, 5.74) is 6.48. The van der Waals surface area contributed by atoms with Crippen LogP contribution in [0, 0.1) is 5.53 Å². The fourth-order valence-corrected chi connectivity index (χ4v) is 1.43. The minimum absolute atomic E-state index is 0.154. The molecular weight excluding hydrogens is 268 g/mol. The quantitative estimate of drug-likeness (QED) is 0.393. The summed E-state index contributed by atoms with van der Waals surface area (Å²) < 4.78 is 0. The average Bonchev–Trinajstić information content (AvgIpc) is 2.35. The van der Waals surface area contributed by atoms with Crippen molar-refractivity contribution in [2.75, 3.05) is 0 Å². The van der Waals surface area contributed by atoms with Crippen molar-refractivity contribution in [2.24, 2.45) is 5.11 Å². The van der Waals surface area contributed by atoms with Crippen LogP contribution in [0.5, 0.6) is 5.75 Å². The molecule has 0 radical (unpaired) electrons. The summed E-state index contributed by atoms with van der Waals surface area (Å²) in [4.78, 5) is 25.3. The van der Waals surface area contributed by atoms with Crippen LogP contribution in [0.4, 0.5) is 5.69 Å². The molecular formula is C11H12N4O5. The summed E-state index contributed by atoms with van der Waals surface area (Å²) in [6, 6.07) is 1.98. The van der Waals surface area contributed by atoms with Crippen molar-refractivity contribution in [3.05, 3.63) is 23.8 Å². The molecule has 0 heterocycles. The smallest absolute Gasteiger partial charge is 0.255 e. The molecule has 0 aliphatic heterocycles. The molecule has 4 N–H and O–H groups in total. The fourth-order valence-electron chi connectivity index (χ4n) is 1.43. The van der Waals surface area contributed by atoms with E-state index in [0.717, 1.165) is 6.07 Å². The molecule has 1 rings (SSSR count). The summed E-state index contributed by atoms with van der Waals surface area (Å²) >= 11 is 0. The first-order chi connectivity index (χ1) is 9.36. The van der Waals surface area contributed by atoms with Gasteiger partial charge >= 0.3 is 0 Å². The van der Waals surface area contributed by atoms with Crippen LogP contribution in [0.15, 0.2) is 23.3 Å². The number of aromatic hydroxyl groups is 1. The van der Waals surface area contributed by atoms with Gasteiger partial charge < -0.3 is 25.4 Å². The number of carboxylic acid groups (broad SMARTS) is 1. The van der Waals surface area contributed by atoms with Crippen molar-refractivity contribution in [3.63, 3.8) is 0 Å². The van der Waals surface area contributed by atoms with E-state index in [1.165, 1.54) is 19.1 Å². The first-order valence-electron chi connectivity index (χ1n) is 5.47. The molecule has 20 heavy (non-hydrogen) atoms. The third kappa shape index (κ3) is 3.61. The number of phenolic OH excluding ortho intramolecular Hbond substituents is 1. The molecule has 0 aromatic heterocycles. The van der Waals surface area contributed by atoms with Gasteiger partial charge in [-0.1, -0.05) is 0 Å². The molecule has 2 atom stereocenters. The predicted octanol–water partition coefficient (Wildman–Crippen LogP) is -1.20. The lowest BCUT2D eigenvalue weighted by molar-refractivity contribution is -0.310. The van der Waals surface area contributed by atoms with Gasteiger partial charge in [-0.15, -0.1) is 0 Å². The Labute approximate surface area is 113 Å².